The molecule has 2 aromatic rings. The van der Waals surface area contributed by atoms with Crippen LogP contribution in [0.4, 0.5) is 0 Å². The van der Waals surface area contributed by atoms with Gasteiger partial charge in [0.2, 0.25) is 0 Å². The van der Waals surface area contributed by atoms with Gasteiger partial charge in [0.1, 0.15) is 13.2 Å². The molecule has 0 atom stereocenters. The van der Waals surface area contributed by atoms with Crippen molar-refractivity contribution in [1.82, 2.24) is 18.7 Å². The van der Waals surface area contributed by atoms with Gasteiger partial charge in [-0.25, -0.2) is 4.79 Å². The summed E-state index contributed by atoms with van der Waals surface area (Å²) >= 11 is 0. The summed E-state index contributed by atoms with van der Waals surface area (Å²) in [6.07, 6.45) is 0. The second-order valence-corrected chi connectivity index (χ2v) is 6.19. The molecule has 0 aromatic carbocycles. The molecule has 0 amide bonds. The molecule has 24 heavy (non-hydrogen) atoms. The number of imidazole rings is 1. The Morgan fingerprint density at radius 1 is 0.958 bits per heavy atom. The maximum atomic E-state index is 12.3. The van der Waals surface area contributed by atoms with Gasteiger partial charge in [0.25, 0.3) is 11.6 Å². The highest BCUT2D eigenvalue weighted by Crippen LogP contribution is 2.16. The fraction of sp³-hybridized carbons (Fsp3) is 0.688. The van der Waals surface area contributed by atoms with E-state index in [-0.39, 0.29) is 5.56 Å². The lowest BCUT2D eigenvalue weighted by Gasteiger charge is -2.35. The molecule has 0 unspecified atom stereocenters. The number of rotatable bonds is 7. The lowest BCUT2D eigenvalue weighted by Crippen LogP contribution is -2.49. The maximum absolute atomic E-state index is 12.3. The van der Waals surface area contributed by atoms with Gasteiger partial charge in [-0.05, 0) is 20.8 Å². The summed E-state index contributed by atoms with van der Waals surface area (Å²) < 4.78 is 10.9. The Kier molecular flexibility index (Phi) is 5.17. The summed E-state index contributed by atoms with van der Waals surface area (Å²) in [4.78, 5) is 28.7. The predicted octanol–water partition coefficient (Wildman–Crippen LogP) is 0.226. The second-order valence-electron chi connectivity index (χ2n) is 6.19. The van der Waals surface area contributed by atoms with E-state index in [1.54, 1.807) is 18.7 Å². The van der Waals surface area contributed by atoms with Crippen molar-refractivity contribution in [3.05, 3.63) is 20.8 Å². The number of hydrogen-bond acceptors (Lipinski definition) is 4. The van der Waals surface area contributed by atoms with Gasteiger partial charge < -0.3 is 9.22 Å². The first-order valence-electron chi connectivity index (χ1n) is 8.42. The van der Waals surface area contributed by atoms with Gasteiger partial charge in [-0.1, -0.05) is 0 Å². The molecule has 0 aliphatic rings. The molecule has 2 aromatic heterocycles. The van der Waals surface area contributed by atoms with Gasteiger partial charge in [-0.2, -0.15) is 4.98 Å². The van der Waals surface area contributed by atoms with E-state index in [4.69, 9.17) is 4.74 Å². The van der Waals surface area contributed by atoms with Gasteiger partial charge in [0.05, 0.1) is 19.6 Å². The lowest BCUT2D eigenvalue weighted by atomic mass is 10.3. The third-order valence-electron chi connectivity index (χ3n) is 5.24. The van der Waals surface area contributed by atoms with E-state index in [1.807, 2.05) is 0 Å². The molecular weight excluding hydrogens is 310 g/mol. The third kappa shape index (κ3) is 2.86. The van der Waals surface area contributed by atoms with Crippen LogP contribution in [0.3, 0.4) is 0 Å². The minimum absolute atomic E-state index is 0.350. The van der Waals surface area contributed by atoms with Crippen molar-refractivity contribution >= 4 is 11.2 Å². The molecule has 0 aliphatic heterocycles. The predicted molar refractivity (Wildman–Crippen MR) is 93.4 cm³/mol. The van der Waals surface area contributed by atoms with E-state index in [9.17, 15) is 9.59 Å². The summed E-state index contributed by atoms with van der Waals surface area (Å²) in [5.74, 6) is 0. The molecule has 2 heterocycles. The molecule has 0 saturated heterocycles. The fourth-order valence-electron chi connectivity index (χ4n) is 3.10. The number of hydrogen-bond donors (Lipinski definition) is 0. The molecule has 0 radical (unpaired) electrons. The Balaban J connectivity index is 2.34. The summed E-state index contributed by atoms with van der Waals surface area (Å²) in [5.41, 5.74) is -0.0332. The van der Waals surface area contributed by atoms with Gasteiger partial charge in [0.15, 0.2) is 11.2 Å². The first-order valence-corrected chi connectivity index (χ1v) is 8.42. The topological polar surface area (TPSA) is 71.1 Å². The van der Waals surface area contributed by atoms with Crippen LogP contribution in [0.5, 0.6) is 6.01 Å². The zero-order valence-corrected chi connectivity index (χ0v) is 15.5. The highest BCUT2D eigenvalue weighted by Gasteiger charge is 2.22. The third-order valence-corrected chi connectivity index (χ3v) is 5.24. The van der Waals surface area contributed by atoms with Crippen LogP contribution in [0.1, 0.15) is 20.8 Å². The molecule has 0 aliphatic carbocycles. The SMILES string of the molecule is CC[N+](CC)(CC)CCOc1nc2c(c(=O)n(C)c(=O)n2C)n1C. The monoisotopic (exact) mass is 338 g/mol. The molecule has 0 saturated carbocycles. The minimum Gasteiger partial charge on any atom is -0.459 e. The number of fused-ring (bicyclic) bond motifs is 1. The van der Waals surface area contributed by atoms with Gasteiger partial charge in [0, 0.05) is 21.1 Å². The lowest BCUT2D eigenvalue weighted by molar-refractivity contribution is -0.923. The van der Waals surface area contributed by atoms with E-state index < -0.39 is 5.69 Å². The van der Waals surface area contributed by atoms with Gasteiger partial charge in [-0.3, -0.25) is 18.5 Å². The van der Waals surface area contributed by atoms with Crippen LogP contribution in [0.25, 0.3) is 11.2 Å². The number of nitrogens with zero attached hydrogens (tertiary/aromatic N) is 5. The van der Waals surface area contributed by atoms with Crippen molar-refractivity contribution < 1.29 is 9.22 Å². The molecule has 134 valence electrons. The zero-order chi connectivity index (χ0) is 18.1. The summed E-state index contributed by atoms with van der Waals surface area (Å²) in [7, 11) is 4.80. The Hall–Kier alpha value is -2.09. The van der Waals surface area contributed by atoms with E-state index in [1.165, 1.54) is 11.6 Å². The maximum Gasteiger partial charge on any atom is 0.332 e. The Labute approximate surface area is 141 Å². The van der Waals surface area contributed by atoms with Crippen molar-refractivity contribution in [2.45, 2.75) is 20.8 Å². The van der Waals surface area contributed by atoms with E-state index in [2.05, 4.69) is 25.8 Å². The number of ether oxygens (including phenoxy) is 1. The Bertz CT molecular complexity index is 834. The normalized spacial score (nSPS) is 12.1. The van der Waals surface area contributed by atoms with Crippen LogP contribution in [0.15, 0.2) is 9.59 Å². The highest BCUT2D eigenvalue weighted by atomic mass is 16.5. The minimum atomic E-state index is -0.393. The number of likely N-dealkylation sites (N-methyl/N-ethyl adjacent to an activating group) is 1. The van der Waals surface area contributed by atoms with Crippen molar-refractivity contribution in [2.24, 2.45) is 21.1 Å². The number of aryl methyl sites for hydroxylation is 2. The summed E-state index contributed by atoms with van der Waals surface area (Å²) in [6, 6.07) is 0.365. The van der Waals surface area contributed by atoms with Gasteiger partial charge in [-0.15, -0.1) is 0 Å². The average molecular weight is 338 g/mol. The van der Waals surface area contributed by atoms with Crippen LogP contribution in [0, 0.1) is 0 Å². The summed E-state index contributed by atoms with van der Waals surface area (Å²) in [5, 5.41) is 0. The zero-order valence-electron chi connectivity index (χ0n) is 15.5. The molecular formula is C16H28N5O3+. The van der Waals surface area contributed by atoms with Crippen LogP contribution < -0.4 is 16.0 Å². The number of quaternary nitrogens is 1. The smallest absolute Gasteiger partial charge is 0.332 e. The van der Waals surface area contributed by atoms with Crippen LogP contribution in [-0.2, 0) is 21.1 Å². The molecule has 0 N–H and O–H groups in total. The van der Waals surface area contributed by atoms with Gasteiger partial charge >= 0.3 is 5.69 Å². The standard InChI is InChI=1S/C16H28N5O3/c1-7-21(8-2,9-3)10-11-24-15-17-13-12(18(15)4)14(22)20(6)16(23)19(13)5/h7-11H2,1-6H3/q+1. The first kappa shape index (κ1) is 18.3. The molecule has 0 fully saturated rings. The van der Waals surface area contributed by atoms with E-state index in [0.717, 1.165) is 35.2 Å². The second kappa shape index (κ2) is 6.80. The van der Waals surface area contributed by atoms with Crippen molar-refractivity contribution in [2.75, 3.05) is 32.8 Å². The van der Waals surface area contributed by atoms with Crippen LogP contribution in [-0.4, -0.2) is 56.0 Å². The molecule has 8 heteroatoms. The number of aromatic nitrogens is 4. The first-order chi connectivity index (χ1) is 11.3. The Morgan fingerprint density at radius 3 is 2.08 bits per heavy atom. The average Bonchev–Trinajstić information content (AvgIpc) is 2.92. The largest absolute Gasteiger partial charge is 0.459 e. The van der Waals surface area contributed by atoms with Crippen LogP contribution in [0.2, 0.25) is 0 Å². The summed E-state index contributed by atoms with van der Waals surface area (Å²) in [6.45, 7) is 11.1. The molecule has 2 rings (SSSR count). The molecule has 0 bridgehead atoms. The molecule has 8 nitrogen and oxygen atoms in total. The molecule has 0 spiro atoms. The quantitative estimate of drug-likeness (QED) is 0.678. The van der Waals surface area contributed by atoms with Crippen molar-refractivity contribution in [1.29, 1.82) is 0 Å². The fourth-order valence-corrected chi connectivity index (χ4v) is 3.10. The van der Waals surface area contributed by atoms with Crippen molar-refractivity contribution in [3.63, 3.8) is 0 Å². The highest BCUT2D eigenvalue weighted by molar-refractivity contribution is 5.71. The van der Waals surface area contributed by atoms with Crippen molar-refractivity contribution in [3.8, 4) is 6.01 Å². The Morgan fingerprint density at radius 2 is 1.54 bits per heavy atom. The van der Waals surface area contributed by atoms with E-state index >= 15 is 0 Å². The van der Waals surface area contributed by atoms with Crippen LogP contribution >= 0.6 is 0 Å². The van der Waals surface area contributed by atoms with E-state index in [0.29, 0.717) is 23.8 Å².